The molecule has 0 unspecified atom stereocenters. The highest BCUT2D eigenvalue weighted by atomic mass is 16.6. The van der Waals surface area contributed by atoms with Gasteiger partial charge in [0.15, 0.2) is 0 Å². The van der Waals surface area contributed by atoms with Crippen molar-refractivity contribution in [3.05, 3.63) is 36.0 Å². The van der Waals surface area contributed by atoms with Gasteiger partial charge in [-0.25, -0.2) is 0 Å². The maximum Gasteiger partial charge on any atom is 0.249 e. The second kappa shape index (κ2) is 26.6. The van der Waals surface area contributed by atoms with E-state index in [1.807, 2.05) is 58.9 Å². The first-order valence-electron chi connectivity index (χ1n) is 24.6. The summed E-state index contributed by atoms with van der Waals surface area (Å²) in [6.07, 6.45) is 7.77. The normalized spacial score (nSPS) is 24.9. The fourth-order valence-electron chi connectivity index (χ4n) is 8.87. The zero-order valence-corrected chi connectivity index (χ0v) is 42.8. The minimum absolute atomic E-state index is 0.00556. The van der Waals surface area contributed by atoms with Crippen LogP contribution in [-0.2, 0) is 39.9 Å². The maximum atomic E-state index is 15.0. The lowest BCUT2D eigenvalue weighted by molar-refractivity contribution is -0.146. The first-order valence-corrected chi connectivity index (χ1v) is 24.6. The lowest BCUT2D eigenvalue weighted by atomic mass is 9.94. The van der Waals surface area contributed by atoms with Crippen LogP contribution in [-0.4, -0.2) is 132 Å². The van der Waals surface area contributed by atoms with Crippen molar-refractivity contribution in [1.82, 2.24) is 35.4 Å². The lowest BCUT2D eigenvalue weighted by Crippen LogP contribution is -2.60. The van der Waals surface area contributed by atoms with Gasteiger partial charge in [0, 0.05) is 39.1 Å². The fourth-order valence-corrected chi connectivity index (χ4v) is 8.87. The summed E-state index contributed by atoms with van der Waals surface area (Å²) >= 11 is 0. The maximum absolute atomic E-state index is 15.0. The predicted molar refractivity (Wildman–Crippen MR) is 260 cm³/mol. The number of benzene rings is 1. The van der Waals surface area contributed by atoms with Gasteiger partial charge in [0.05, 0.1) is 18.2 Å². The highest BCUT2D eigenvalue weighted by Crippen LogP contribution is 2.25. The van der Waals surface area contributed by atoms with Gasteiger partial charge in [0.25, 0.3) is 0 Å². The van der Waals surface area contributed by atoms with Gasteiger partial charge < -0.3 is 40.2 Å². The molecule has 9 atom stereocenters. The summed E-state index contributed by atoms with van der Waals surface area (Å²) in [5.41, 5.74) is 1.53. The highest BCUT2D eigenvalue weighted by molar-refractivity contribution is 5.97. The average Bonchev–Trinajstić information content (AvgIpc) is 3.64. The molecule has 6 amide bonds. The number of likely N-dealkylation sites (N-methyl/N-ethyl adjacent to an activating group) is 3. The Kier molecular flexibility index (Phi) is 22.5. The van der Waals surface area contributed by atoms with Gasteiger partial charge in [0.1, 0.15) is 43.4 Å². The van der Waals surface area contributed by atoms with Crippen molar-refractivity contribution in [3.8, 4) is 0 Å². The Balaban J connectivity index is 2.25. The van der Waals surface area contributed by atoms with Crippen LogP contribution in [0.3, 0.4) is 0 Å². The summed E-state index contributed by atoms with van der Waals surface area (Å²) in [6.45, 7) is 19.6. The Hall–Kier alpha value is -4.66. The van der Waals surface area contributed by atoms with E-state index in [4.69, 9.17) is 9.57 Å². The molecule has 0 spiro atoms. The number of aromatic nitrogens is 1. The molecule has 1 aliphatic rings. The van der Waals surface area contributed by atoms with Crippen molar-refractivity contribution in [2.24, 2.45) is 23.7 Å². The lowest BCUT2D eigenvalue weighted by Gasteiger charge is -2.36. The summed E-state index contributed by atoms with van der Waals surface area (Å²) in [6, 6.07) is 2.07. The smallest absolute Gasteiger partial charge is 0.249 e. The van der Waals surface area contributed by atoms with Crippen LogP contribution in [0.15, 0.2) is 30.5 Å². The number of hydrogen-bond acceptors (Lipinski definition) is 8. The molecule has 1 fully saturated rings. The molecule has 15 nitrogen and oxygen atoms in total. The van der Waals surface area contributed by atoms with Crippen LogP contribution in [0.2, 0.25) is 0 Å². The zero-order chi connectivity index (χ0) is 49.4. The minimum atomic E-state index is -1.12. The van der Waals surface area contributed by atoms with E-state index in [1.54, 1.807) is 51.0 Å². The Morgan fingerprint density at radius 1 is 0.652 bits per heavy atom. The molecule has 1 saturated heterocycles. The molecule has 66 heavy (non-hydrogen) atoms. The molecule has 1 aromatic heterocycles. The molecule has 2 heterocycles. The first-order chi connectivity index (χ1) is 31.1. The van der Waals surface area contributed by atoms with Crippen LogP contribution < -0.4 is 20.8 Å². The number of nitrogens with one attached hydrogen (secondary N) is 3. The van der Waals surface area contributed by atoms with E-state index in [0.717, 1.165) is 55.0 Å². The number of unbranched alkanes of at least 4 members (excludes halogenated alkanes) is 2. The zero-order valence-electron chi connectivity index (χ0n) is 42.8. The molecule has 3 rings (SSSR count). The van der Waals surface area contributed by atoms with E-state index in [9.17, 15) is 19.2 Å². The second-order valence-corrected chi connectivity index (χ2v) is 20.0. The topological polar surface area (TPSA) is 172 Å². The summed E-state index contributed by atoms with van der Waals surface area (Å²) in [5.74, 6) is -2.63. The number of ether oxygens (including phenoxy) is 1. The van der Waals surface area contributed by atoms with Gasteiger partial charge in [0.2, 0.25) is 35.4 Å². The number of carbonyl (C=O) groups excluding carboxylic acids is 6. The average molecular weight is 924 g/mol. The van der Waals surface area contributed by atoms with E-state index in [1.165, 1.54) is 9.80 Å². The van der Waals surface area contributed by atoms with Gasteiger partial charge in [-0.05, 0) is 74.8 Å². The summed E-state index contributed by atoms with van der Waals surface area (Å²) in [7, 11) is 6.36. The minimum Gasteiger partial charge on any atom is -0.417 e. The Morgan fingerprint density at radius 3 is 1.64 bits per heavy atom. The van der Waals surface area contributed by atoms with Crippen LogP contribution in [0.25, 0.3) is 10.9 Å². The third kappa shape index (κ3) is 15.7. The quantitative estimate of drug-likeness (QED) is 0.170. The molecule has 1 aliphatic heterocycles. The number of nitrogens with zero attached hydrogens (tertiary/aromatic N) is 4. The molecule has 0 aliphatic carbocycles. The SMILES string of the molecule is CCCC[C@@H](C)C[C@@H]1NC(=O)[C@H](Cc2cn(OC)c3ccccc23)N(C)C(=O)[C@H](CC(C)C)NC(=O)[C@H](CC(C)C)N(C)C(=O)[C@H](C[C@H](C)CCCC)NC(=O)[C@H](C)OC[C@H](C)N(C)C1=O. The number of carbonyl (C=O) groups is 6. The van der Waals surface area contributed by atoms with Gasteiger partial charge >= 0.3 is 0 Å². The number of para-hydroxylation sites is 1. The van der Waals surface area contributed by atoms with Crippen molar-refractivity contribution >= 4 is 46.3 Å². The van der Waals surface area contributed by atoms with Crippen molar-refractivity contribution in [3.63, 3.8) is 0 Å². The molecule has 1 aromatic carbocycles. The molecule has 0 saturated carbocycles. The fraction of sp³-hybridized carbons (Fsp3) is 0.725. The third-order valence-electron chi connectivity index (χ3n) is 13.2. The van der Waals surface area contributed by atoms with Gasteiger partial charge in [-0.2, -0.15) is 4.73 Å². The van der Waals surface area contributed by atoms with Crippen molar-refractivity contribution in [2.45, 2.75) is 182 Å². The molecule has 0 bridgehead atoms. The number of amides is 6. The van der Waals surface area contributed by atoms with Crippen LogP contribution in [0.1, 0.15) is 139 Å². The van der Waals surface area contributed by atoms with Crippen molar-refractivity contribution in [2.75, 3.05) is 34.9 Å². The Morgan fingerprint density at radius 2 is 1.12 bits per heavy atom. The number of rotatable bonds is 17. The van der Waals surface area contributed by atoms with Crippen molar-refractivity contribution < 1.29 is 38.3 Å². The van der Waals surface area contributed by atoms with Gasteiger partial charge in [-0.15, -0.1) is 0 Å². The molecular weight excluding hydrogens is 839 g/mol. The number of hydrogen-bond donors (Lipinski definition) is 3. The molecule has 372 valence electrons. The van der Waals surface area contributed by atoms with E-state index < -0.39 is 71.9 Å². The van der Waals surface area contributed by atoms with Gasteiger partial charge in [-0.1, -0.05) is 112 Å². The molecule has 15 heteroatoms. The van der Waals surface area contributed by atoms with E-state index in [2.05, 4.69) is 43.6 Å². The standard InChI is InChI=1S/C51H85N7O8/c1-15-17-21-34(7)27-41-49(62)55(11)36(9)31-66-37(10)46(59)52-42(28-35(8)22-18-16-2)51(64)56(12)44(26-33(5)6)47(60)53-40(25-32(3)4)50(63)57(13)45(48(61)54-41)29-38-30-58(65-14)43-24-20-19-23-39(38)43/h19-20,23-24,30,32-37,40-42,44-45H,15-18,21-22,25-29,31H2,1-14H3,(H,52,59)(H,53,60)(H,54,61)/t34-,35-,36+,37+,40+,41+,42+,44+,45+/m1/s1. The summed E-state index contributed by atoms with van der Waals surface area (Å²) in [5, 5.41) is 9.93. The number of fused-ring (bicyclic) bond motifs is 1. The highest BCUT2D eigenvalue weighted by Gasteiger charge is 2.39. The molecule has 2 aromatic rings. The largest absolute Gasteiger partial charge is 0.417 e. The summed E-state index contributed by atoms with van der Waals surface area (Å²) < 4.78 is 7.72. The Bertz CT molecular complexity index is 1900. The van der Waals surface area contributed by atoms with E-state index in [0.29, 0.717) is 19.3 Å². The van der Waals surface area contributed by atoms with E-state index in [-0.39, 0.29) is 49.0 Å². The second-order valence-electron chi connectivity index (χ2n) is 20.0. The van der Waals surface area contributed by atoms with E-state index >= 15 is 9.59 Å². The summed E-state index contributed by atoms with van der Waals surface area (Å²) in [4.78, 5) is 97.8. The van der Waals surface area contributed by atoms with Crippen molar-refractivity contribution in [1.29, 1.82) is 0 Å². The monoisotopic (exact) mass is 924 g/mol. The third-order valence-corrected chi connectivity index (χ3v) is 13.2. The van der Waals surface area contributed by atoms with Crippen LogP contribution in [0.4, 0.5) is 0 Å². The predicted octanol–water partition coefficient (Wildman–Crippen LogP) is 6.14. The Labute approximate surface area is 395 Å². The van der Waals surface area contributed by atoms with Crippen LogP contribution >= 0.6 is 0 Å². The van der Waals surface area contributed by atoms with Gasteiger partial charge in [-0.3, -0.25) is 28.8 Å². The van der Waals surface area contributed by atoms with Crippen LogP contribution in [0.5, 0.6) is 0 Å². The molecule has 0 radical (unpaired) electrons. The molecular formula is C51H85N7O8. The first kappa shape index (κ1) is 55.7. The van der Waals surface area contributed by atoms with Crippen LogP contribution in [0, 0.1) is 23.7 Å². The molecule has 3 N–H and O–H groups in total.